The smallest absolute Gasteiger partial charge is 0.291 e. The fourth-order valence-electron chi connectivity index (χ4n) is 2.37. The first-order valence-corrected chi connectivity index (χ1v) is 6.98. The van der Waals surface area contributed by atoms with Crippen molar-refractivity contribution in [3.05, 3.63) is 64.4 Å². The predicted octanol–water partition coefficient (Wildman–Crippen LogP) is 4.96. The molecule has 1 N–H and O–H groups in total. The van der Waals surface area contributed by atoms with Crippen LogP contribution in [-0.4, -0.2) is 5.91 Å². The van der Waals surface area contributed by atoms with E-state index < -0.39 is 0 Å². The van der Waals surface area contributed by atoms with E-state index in [9.17, 15) is 4.79 Å². The number of fused-ring (bicyclic) bond motifs is 1. The van der Waals surface area contributed by atoms with Gasteiger partial charge in [0.25, 0.3) is 5.91 Å². The molecule has 1 aromatic heterocycles. The van der Waals surface area contributed by atoms with Crippen LogP contribution < -0.4 is 5.32 Å². The normalized spacial score (nSPS) is 10.8. The molecular formula is C17H14ClNO2. The molecule has 0 fully saturated rings. The largest absolute Gasteiger partial charge is 0.451 e. The molecular weight excluding hydrogens is 286 g/mol. The molecule has 4 heteroatoms. The Balaban J connectivity index is 1.89. The lowest BCUT2D eigenvalue weighted by molar-refractivity contribution is 0.0998. The number of nitrogens with one attached hydrogen (secondary N) is 1. The summed E-state index contributed by atoms with van der Waals surface area (Å²) in [5.74, 6) is -0.00116. The van der Waals surface area contributed by atoms with Crippen LogP contribution in [0.4, 0.5) is 5.69 Å². The summed E-state index contributed by atoms with van der Waals surface area (Å²) in [6.07, 6.45) is 0. The Morgan fingerprint density at radius 3 is 2.48 bits per heavy atom. The van der Waals surface area contributed by atoms with Gasteiger partial charge in [-0.25, -0.2) is 0 Å². The van der Waals surface area contributed by atoms with Gasteiger partial charge in [-0.2, -0.15) is 0 Å². The fraction of sp³-hybridized carbons (Fsp3) is 0.118. The lowest BCUT2D eigenvalue weighted by Crippen LogP contribution is -2.11. The van der Waals surface area contributed by atoms with Crippen molar-refractivity contribution < 1.29 is 9.21 Å². The van der Waals surface area contributed by atoms with Crippen LogP contribution in [0.5, 0.6) is 0 Å². The van der Waals surface area contributed by atoms with Gasteiger partial charge in [-0.3, -0.25) is 4.79 Å². The number of carbonyl (C=O) groups excluding carboxylic acids is 1. The molecule has 0 aliphatic rings. The van der Waals surface area contributed by atoms with Crippen LogP contribution in [0.1, 0.15) is 21.7 Å². The number of hydrogen-bond acceptors (Lipinski definition) is 2. The third kappa shape index (κ3) is 2.93. The Kier molecular flexibility index (Phi) is 3.43. The summed E-state index contributed by atoms with van der Waals surface area (Å²) >= 11 is 5.93. The zero-order valence-corrected chi connectivity index (χ0v) is 12.5. The van der Waals surface area contributed by atoms with Crippen molar-refractivity contribution in [2.75, 3.05) is 5.32 Å². The molecule has 0 bridgehead atoms. The maximum atomic E-state index is 12.3. The standard InChI is InChI=1S/C17H14ClNO2/c1-10-5-11(2)7-14(6-10)19-17(20)16-9-12-8-13(18)3-4-15(12)21-16/h3-9H,1-2H3,(H,19,20). The topological polar surface area (TPSA) is 42.2 Å². The number of rotatable bonds is 2. The maximum absolute atomic E-state index is 12.3. The van der Waals surface area contributed by atoms with Gasteiger partial charge in [-0.15, -0.1) is 0 Å². The molecule has 1 amide bonds. The van der Waals surface area contributed by atoms with Crippen LogP contribution in [-0.2, 0) is 0 Å². The fourth-order valence-corrected chi connectivity index (χ4v) is 2.55. The van der Waals surface area contributed by atoms with Gasteiger partial charge in [0.2, 0.25) is 0 Å². The summed E-state index contributed by atoms with van der Waals surface area (Å²) in [4.78, 5) is 12.3. The van der Waals surface area contributed by atoms with Crippen LogP contribution in [0.2, 0.25) is 5.02 Å². The average Bonchev–Trinajstić information content (AvgIpc) is 2.80. The molecule has 0 aliphatic heterocycles. The summed E-state index contributed by atoms with van der Waals surface area (Å²) in [5.41, 5.74) is 3.60. The third-order valence-corrected chi connectivity index (χ3v) is 3.42. The van der Waals surface area contributed by atoms with E-state index in [4.69, 9.17) is 16.0 Å². The van der Waals surface area contributed by atoms with Crippen molar-refractivity contribution in [2.24, 2.45) is 0 Å². The highest BCUT2D eigenvalue weighted by molar-refractivity contribution is 6.31. The van der Waals surface area contributed by atoms with E-state index in [2.05, 4.69) is 11.4 Å². The van der Waals surface area contributed by atoms with Gasteiger partial charge in [0, 0.05) is 16.1 Å². The summed E-state index contributed by atoms with van der Waals surface area (Å²) < 4.78 is 5.55. The van der Waals surface area contributed by atoms with Gasteiger partial charge in [0.1, 0.15) is 5.58 Å². The number of furan rings is 1. The molecule has 0 spiro atoms. The Labute approximate surface area is 127 Å². The van der Waals surface area contributed by atoms with Gasteiger partial charge in [0.15, 0.2) is 5.76 Å². The van der Waals surface area contributed by atoms with Crippen molar-refractivity contribution in [1.29, 1.82) is 0 Å². The first kappa shape index (κ1) is 13.7. The SMILES string of the molecule is Cc1cc(C)cc(NC(=O)c2cc3cc(Cl)ccc3o2)c1. The minimum Gasteiger partial charge on any atom is -0.451 e. The molecule has 0 aliphatic carbocycles. The number of aryl methyl sites for hydroxylation is 2. The summed E-state index contributed by atoms with van der Waals surface area (Å²) in [6, 6.07) is 12.9. The zero-order valence-electron chi connectivity index (χ0n) is 11.7. The Hall–Kier alpha value is -2.26. The molecule has 3 rings (SSSR count). The van der Waals surface area contributed by atoms with Gasteiger partial charge in [0.05, 0.1) is 0 Å². The quantitative estimate of drug-likeness (QED) is 0.727. The molecule has 21 heavy (non-hydrogen) atoms. The highest BCUT2D eigenvalue weighted by atomic mass is 35.5. The number of amides is 1. The molecule has 0 saturated heterocycles. The molecule has 106 valence electrons. The minimum absolute atomic E-state index is 0.270. The molecule has 0 radical (unpaired) electrons. The molecule has 0 saturated carbocycles. The monoisotopic (exact) mass is 299 g/mol. The minimum atomic E-state index is -0.271. The molecule has 0 unspecified atom stereocenters. The van der Waals surface area contributed by atoms with Crippen molar-refractivity contribution in [2.45, 2.75) is 13.8 Å². The summed E-state index contributed by atoms with van der Waals surface area (Å²) in [5, 5.41) is 4.28. The predicted molar refractivity (Wildman–Crippen MR) is 85.1 cm³/mol. The molecule has 3 aromatic rings. The van der Waals surface area contributed by atoms with E-state index >= 15 is 0 Å². The van der Waals surface area contributed by atoms with Crippen LogP contribution >= 0.6 is 11.6 Å². The Bertz CT molecular complexity index is 816. The number of carbonyl (C=O) groups is 1. The lowest BCUT2D eigenvalue weighted by Gasteiger charge is -2.05. The second kappa shape index (κ2) is 5.26. The summed E-state index contributed by atoms with van der Waals surface area (Å²) in [7, 11) is 0. The van der Waals surface area contributed by atoms with E-state index in [-0.39, 0.29) is 11.7 Å². The van der Waals surface area contributed by atoms with E-state index in [1.807, 2.05) is 26.0 Å². The van der Waals surface area contributed by atoms with Gasteiger partial charge in [-0.05, 0) is 61.4 Å². The van der Waals surface area contributed by atoms with E-state index in [1.54, 1.807) is 24.3 Å². The highest BCUT2D eigenvalue weighted by Gasteiger charge is 2.13. The first-order valence-electron chi connectivity index (χ1n) is 6.60. The van der Waals surface area contributed by atoms with E-state index in [0.29, 0.717) is 10.6 Å². The summed E-state index contributed by atoms with van der Waals surface area (Å²) in [6.45, 7) is 3.98. The number of anilines is 1. The Morgan fingerprint density at radius 2 is 1.76 bits per heavy atom. The lowest BCUT2D eigenvalue weighted by atomic mass is 10.1. The Morgan fingerprint density at radius 1 is 1.05 bits per heavy atom. The van der Waals surface area contributed by atoms with Crippen LogP contribution in [0.15, 0.2) is 46.9 Å². The average molecular weight is 300 g/mol. The van der Waals surface area contributed by atoms with Crippen molar-refractivity contribution >= 4 is 34.2 Å². The van der Waals surface area contributed by atoms with Crippen molar-refractivity contribution in [1.82, 2.24) is 0 Å². The van der Waals surface area contributed by atoms with Gasteiger partial charge < -0.3 is 9.73 Å². The number of benzene rings is 2. The maximum Gasteiger partial charge on any atom is 0.291 e. The number of hydrogen-bond donors (Lipinski definition) is 1. The number of halogens is 1. The molecule has 0 atom stereocenters. The first-order chi connectivity index (χ1) is 10.0. The van der Waals surface area contributed by atoms with Crippen molar-refractivity contribution in [3.8, 4) is 0 Å². The molecule has 2 aromatic carbocycles. The highest BCUT2D eigenvalue weighted by Crippen LogP contribution is 2.24. The van der Waals surface area contributed by atoms with Crippen molar-refractivity contribution in [3.63, 3.8) is 0 Å². The van der Waals surface area contributed by atoms with Crippen LogP contribution in [0.25, 0.3) is 11.0 Å². The van der Waals surface area contributed by atoms with Gasteiger partial charge >= 0.3 is 0 Å². The molecule has 3 nitrogen and oxygen atoms in total. The van der Waals surface area contributed by atoms with Gasteiger partial charge in [-0.1, -0.05) is 17.7 Å². The second-order valence-electron chi connectivity index (χ2n) is 5.12. The van der Waals surface area contributed by atoms with Crippen LogP contribution in [0, 0.1) is 13.8 Å². The second-order valence-corrected chi connectivity index (χ2v) is 5.56. The molecule has 1 heterocycles. The van der Waals surface area contributed by atoms with E-state index in [1.165, 1.54) is 0 Å². The third-order valence-electron chi connectivity index (χ3n) is 3.18. The zero-order chi connectivity index (χ0) is 15.0. The van der Waals surface area contributed by atoms with E-state index in [0.717, 1.165) is 22.2 Å². The van der Waals surface area contributed by atoms with Crippen LogP contribution in [0.3, 0.4) is 0 Å².